The fourth-order valence-corrected chi connectivity index (χ4v) is 1.78. The largest absolute Gasteiger partial charge is 0.324 e. The van der Waals surface area contributed by atoms with Crippen LogP contribution in [0.4, 0.5) is 11.6 Å². The zero-order valence-corrected chi connectivity index (χ0v) is 11.0. The lowest BCUT2D eigenvalue weighted by Gasteiger charge is -2.05. The lowest BCUT2D eigenvalue weighted by Crippen LogP contribution is -2.00. The van der Waals surface area contributed by atoms with Crippen LogP contribution < -0.4 is 5.32 Å². The van der Waals surface area contributed by atoms with Crippen LogP contribution in [0.5, 0.6) is 0 Å². The monoisotopic (exact) mass is 284 g/mol. The normalized spacial score (nSPS) is 10.2. The van der Waals surface area contributed by atoms with Gasteiger partial charge in [-0.05, 0) is 24.3 Å². The van der Waals surface area contributed by atoms with Crippen molar-refractivity contribution in [3.05, 3.63) is 54.3 Å². The van der Waals surface area contributed by atoms with Gasteiger partial charge < -0.3 is 5.32 Å². The molecule has 0 aliphatic carbocycles. The lowest BCUT2D eigenvalue weighted by molar-refractivity contribution is 1.06. The minimum atomic E-state index is 0.395. The summed E-state index contributed by atoms with van der Waals surface area (Å²) < 4.78 is 0. The number of hydrogen-bond acceptors (Lipinski definition) is 6. The summed E-state index contributed by atoms with van der Waals surface area (Å²) in [7, 11) is 0. The highest BCUT2D eigenvalue weighted by Crippen LogP contribution is 2.18. The van der Waals surface area contributed by atoms with Crippen LogP contribution in [0.2, 0.25) is 5.15 Å². The SMILES string of the molecule is Clc1cc(-c2ncnc(Nc3ccncc3)n2)ccn1. The number of pyridine rings is 2. The van der Waals surface area contributed by atoms with Crippen molar-refractivity contribution in [1.29, 1.82) is 0 Å². The van der Waals surface area contributed by atoms with Crippen molar-refractivity contribution in [2.75, 3.05) is 5.32 Å². The molecule has 0 radical (unpaired) electrons. The summed E-state index contributed by atoms with van der Waals surface area (Å²) in [6.07, 6.45) is 6.43. The van der Waals surface area contributed by atoms with Gasteiger partial charge in [-0.15, -0.1) is 0 Å². The molecule has 3 heterocycles. The van der Waals surface area contributed by atoms with Crippen LogP contribution in [0.1, 0.15) is 0 Å². The van der Waals surface area contributed by atoms with Gasteiger partial charge in [0.15, 0.2) is 5.82 Å². The van der Waals surface area contributed by atoms with Crippen molar-refractivity contribution in [3.63, 3.8) is 0 Å². The first kappa shape index (κ1) is 12.4. The van der Waals surface area contributed by atoms with Crippen LogP contribution in [0.3, 0.4) is 0 Å². The fourth-order valence-electron chi connectivity index (χ4n) is 1.60. The number of rotatable bonds is 3. The predicted octanol–water partition coefficient (Wildman–Crippen LogP) is 2.73. The molecule has 0 saturated heterocycles. The van der Waals surface area contributed by atoms with Gasteiger partial charge in [0.25, 0.3) is 0 Å². The standard InChI is InChI=1S/C13H9ClN6/c14-11-7-9(1-6-16-11)12-17-8-18-13(20-12)19-10-2-4-15-5-3-10/h1-8H,(H,15,17,18,19,20). The van der Waals surface area contributed by atoms with Gasteiger partial charge in [-0.25, -0.2) is 15.0 Å². The van der Waals surface area contributed by atoms with Crippen LogP contribution in [-0.4, -0.2) is 24.9 Å². The molecule has 0 atom stereocenters. The number of aromatic nitrogens is 5. The second-order valence-electron chi connectivity index (χ2n) is 3.86. The van der Waals surface area contributed by atoms with Crippen LogP contribution in [0, 0.1) is 0 Å². The molecule has 7 heteroatoms. The Labute approximate surface area is 119 Å². The molecule has 0 unspecified atom stereocenters. The van der Waals surface area contributed by atoms with E-state index in [1.807, 2.05) is 12.1 Å². The molecule has 0 aliphatic heterocycles. The van der Waals surface area contributed by atoms with Crippen molar-refractivity contribution < 1.29 is 0 Å². The van der Waals surface area contributed by atoms with Crippen molar-refractivity contribution in [2.24, 2.45) is 0 Å². The third-order valence-corrected chi connectivity index (χ3v) is 2.70. The first-order chi connectivity index (χ1) is 9.81. The fraction of sp³-hybridized carbons (Fsp3) is 0. The number of anilines is 2. The number of halogens is 1. The minimum absolute atomic E-state index is 0.395. The molecule has 0 amide bonds. The van der Waals surface area contributed by atoms with Gasteiger partial charge in [0.05, 0.1) is 0 Å². The lowest BCUT2D eigenvalue weighted by atomic mass is 10.2. The molecule has 3 rings (SSSR count). The predicted molar refractivity (Wildman–Crippen MR) is 75.6 cm³/mol. The number of nitrogens with zero attached hydrogens (tertiary/aromatic N) is 5. The highest BCUT2D eigenvalue weighted by Gasteiger charge is 2.05. The van der Waals surface area contributed by atoms with E-state index in [-0.39, 0.29) is 0 Å². The Balaban J connectivity index is 1.90. The van der Waals surface area contributed by atoms with E-state index in [0.29, 0.717) is 16.9 Å². The molecule has 0 aliphatic rings. The second kappa shape index (κ2) is 5.58. The molecule has 0 aromatic carbocycles. The molecule has 0 bridgehead atoms. The van der Waals surface area contributed by atoms with Crippen LogP contribution in [-0.2, 0) is 0 Å². The molecule has 20 heavy (non-hydrogen) atoms. The first-order valence-electron chi connectivity index (χ1n) is 5.79. The summed E-state index contributed by atoms with van der Waals surface area (Å²) in [5, 5.41) is 3.47. The van der Waals surface area contributed by atoms with Gasteiger partial charge in [-0.2, -0.15) is 4.98 Å². The van der Waals surface area contributed by atoms with Gasteiger partial charge >= 0.3 is 0 Å². The van der Waals surface area contributed by atoms with E-state index in [1.165, 1.54) is 6.33 Å². The minimum Gasteiger partial charge on any atom is -0.324 e. The summed E-state index contributed by atoms with van der Waals surface area (Å²) >= 11 is 5.86. The Morgan fingerprint density at radius 2 is 1.80 bits per heavy atom. The van der Waals surface area contributed by atoms with Gasteiger partial charge in [0.2, 0.25) is 5.95 Å². The first-order valence-corrected chi connectivity index (χ1v) is 6.17. The van der Waals surface area contributed by atoms with Gasteiger partial charge in [0.1, 0.15) is 11.5 Å². The molecule has 0 fully saturated rings. The highest BCUT2D eigenvalue weighted by atomic mass is 35.5. The van der Waals surface area contributed by atoms with Gasteiger partial charge in [0, 0.05) is 29.8 Å². The summed E-state index contributed by atoms with van der Waals surface area (Å²) in [5.74, 6) is 0.981. The highest BCUT2D eigenvalue weighted by molar-refractivity contribution is 6.29. The maximum Gasteiger partial charge on any atom is 0.230 e. The maximum absolute atomic E-state index is 5.86. The summed E-state index contributed by atoms with van der Waals surface area (Å²) in [6.45, 7) is 0. The van der Waals surface area contributed by atoms with Crippen molar-refractivity contribution in [2.45, 2.75) is 0 Å². The number of hydrogen-bond donors (Lipinski definition) is 1. The quantitative estimate of drug-likeness (QED) is 0.745. The molecule has 3 aromatic rings. The van der Waals surface area contributed by atoms with Gasteiger partial charge in [-0.1, -0.05) is 11.6 Å². The Hall–Kier alpha value is -2.60. The van der Waals surface area contributed by atoms with Crippen LogP contribution >= 0.6 is 11.6 Å². The summed E-state index contributed by atoms with van der Waals surface area (Å²) in [5.41, 5.74) is 1.63. The van der Waals surface area contributed by atoms with E-state index in [9.17, 15) is 0 Å². The molecule has 3 aromatic heterocycles. The summed E-state index contributed by atoms with van der Waals surface area (Å²) in [4.78, 5) is 20.4. The van der Waals surface area contributed by atoms with E-state index in [0.717, 1.165) is 11.3 Å². The van der Waals surface area contributed by atoms with E-state index in [1.54, 1.807) is 30.7 Å². The third kappa shape index (κ3) is 2.86. The second-order valence-corrected chi connectivity index (χ2v) is 4.25. The molecule has 6 nitrogen and oxygen atoms in total. The summed E-state index contributed by atoms with van der Waals surface area (Å²) in [6, 6.07) is 7.14. The van der Waals surface area contributed by atoms with E-state index < -0.39 is 0 Å². The molecule has 1 N–H and O–H groups in total. The number of nitrogens with one attached hydrogen (secondary N) is 1. The molecule has 0 saturated carbocycles. The molecular formula is C13H9ClN6. The van der Waals surface area contributed by atoms with Gasteiger partial charge in [-0.3, -0.25) is 4.98 Å². The Kier molecular flexibility index (Phi) is 3.47. The topological polar surface area (TPSA) is 76.5 Å². The average Bonchev–Trinajstić information content (AvgIpc) is 2.49. The zero-order chi connectivity index (χ0) is 13.8. The average molecular weight is 285 g/mol. The Morgan fingerprint density at radius 3 is 2.60 bits per heavy atom. The van der Waals surface area contributed by atoms with E-state index >= 15 is 0 Å². The van der Waals surface area contributed by atoms with Crippen LogP contribution in [0.25, 0.3) is 11.4 Å². The Bertz CT molecular complexity index is 719. The Morgan fingerprint density at radius 1 is 0.950 bits per heavy atom. The van der Waals surface area contributed by atoms with Crippen molar-refractivity contribution in [3.8, 4) is 11.4 Å². The van der Waals surface area contributed by atoms with Crippen molar-refractivity contribution in [1.82, 2.24) is 24.9 Å². The van der Waals surface area contributed by atoms with E-state index in [4.69, 9.17) is 11.6 Å². The van der Waals surface area contributed by atoms with Crippen molar-refractivity contribution >= 4 is 23.2 Å². The smallest absolute Gasteiger partial charge is 0.230 e. The zero-order valence-electron chi connectivity index (χ0n) is 10.2. The molecule has 98 valence electrons. The maximum atomic E-state index is 5.86. The molecule has 0 spiro atoms. The third-order valence-electron chi connectivity index (χ3n) is 2.49. The van der Waals surface area contributed by atoms with Crippen LogP contribution in [0.15, 0.2) is 49.2 Å². The molecular weight excluding hydrogens is 276 g/mol. The van der Waals surface area contributed by atoms with E-state index in [2.05, 4.69) is 30.2 Å².